The maximum Gasteiger partial charge on any atom is 0.416 e. The number of carbonyl (C=O) groups excluding carboxylic acids is 2. The van der Waals surface area contributed by atoms with Crippen molar-refractivity contribution in [3.8, 4) is 17.2 Å². The lowest BCUT2D eigenvalue weighted by Gasteiger charge is -2.12. The summed E-state index contributed by atoms with van der Waals surface area (Å²) in [6.07, 6.45) is -4.61. The monoisotopic (exact) mass is 848 g/mol. The van der Waals surface area contributed by atoms with Crippen molar-refractivity contribution in [3.05, 3.63) is 90.4 Å². The Morgan fingerprint density at radius 2 is 1.59 bits per heavy atom. The molecule has 3 aromatic carbocycles. The fraction of sp³-hybridized carbons (Fsp3) is 0.290. The van der Waals surface area contributed by atoms with Crippen LogP contribution in [-0.2, 0) is 29.8 Å². The fourth-order valence-corrected chi connectivity index (χ4v) is 5.07. The Kier molecular flexibility index (Phi) is 18.7. The molecule has 0 radical (unpaired) electrons. The van der Waals surface area contributed by atoms with Crippen LogP contribution in [0.25, 0.3) is 0 Å². The van der Waals surface area contributed by atoms with Crippen LogP contribution >= 0.6 is 42.2 Å². The number of rotatable bonds is 13. The third-order valence-electron chi connectivity index (χ3n) is 6.15. The number of halogens is 6. The van der Waals surface area contributed by atoms with Gasteiger partial charge in [0, 0.05) is 25.0 Å². The molecule has 0 fully saturated rings. The van der Waals surface area contributed by atoms with Crippen molar-refractivity contribution in [2.75, 3.05) is 33.2 Å². The molecule has 0 aromatic heterocycles. The number of ether oxygens (including phenoxy) is 4. The highest BCUT2D eigenvalue weighted by molar-refractivity contribution is 7.57. The molecule has 0 aliphatic heterocycles. The molecule has 3 rings (SSSR count). The van der Waals surface area contributed by atoms with Gasteiger partial charge in [0.2, 0.25) is 0 Å². The van der Waals surface area contributed by atoms with E-state index in [1.165, 1.54) is 32.8 Å². The molecule has 0 bridgehead atoms. The summed E-state index contributed by atoms with van der Waals surface area (Å²) in [6.45, 7) is 2.01. The van der Waals surface area contributed by atoms with Crippen molar-refractivity contribution in [1.82, 2.24) is 0 Å². The molecule has 2 unspecified atom stereocenters. The first-order valence-electron chi connectivity index (χ1n) is 14.6. The highest BCUT2D eigenvalue weighted by Gasteiger charge is 2.31. The Morgan fingerprint density at radius 3 is 2.06 bits per heavy atom. The Labute approximate surface area is 319 Å². The Morgan fingerprint density at radius 1 is 0.981 bits per heavy atom. The summed E-state index contributed by atoms with van der Waals surface area (Å²) in [6, 6.07) is 7.21. The van der Waals surface area contributed by atoms with E-state index in [2.05, 4.69) is 4.74 Å². The summed E-state index contributed by atoms with van der Waals surface area (Å²) in [5.74, 6) is -4.57. The van der Waals surface area contributed by atoms with E-state index in [9.17, 15) is 47.0 Å². The first-order valence-corrected chi connectivity index (χ1v) is 18.0. The SMILES string of the molecule is CCOC(=O)COC(=O)c1cc(Oc2ccc(C(F)(F)F)cc2Cl)ccc1[N+](=O)[O-].COc1c(Cl)ccc(Cl)c1C(=O)O.CP(=O)(O)CCC(N)C(=O)O. The minimum atomic E-state index is -4.61. The van der Waals surface area contributed by atoms with E-state index < -0.39 is 71.8 Å². The third kappa shape index (κ3) is 15.8. The summed E-state index contributed by atoms with van der Waals surface area (Å²) in [7, 11) is -1.77. The van der Waals surface area contributed by atoms with Crippen LogP contribution in [-0.4, -0.2) is 83.1 Å². The van der Waals surface area contributed by atoms with Crippen molar-refractivity contribution < 1.29 is 75.9 Å². The normalized spacial score (nSPS) is 12.3. The van der Waals surface area contributed by atoms with Crippen molar-refractivity contribution in [1.29, 1.82) is 0 Å². The molecular weight excluding hydrogens is 819 g/mol. The average Bonchev–Trinajstić information content (AvgIpc) is 3.07. The van der Waals surface area contributed by atoms with E-state index in [0.717, 1.165) is 30.3 Å². The molecule has 5 N–H and O–H groups in total. The number of hydrogen-bond donors (Lipinski definition) is 4. The van der Waals surface area contributed by atoms with Crippen molar-refractivity contribution >= 4 is 71.7 Å². The van der Waals surface area contributed by atoms with Crippen molar-refractivity contribution in [3.63, 3.8) is 0 Å². The van der Waals surface area contributed by atoms with E-state index in [4.69, 9.17) is 69.9 Å². The number of nitro groups is 1. The highest BCUT2D eigenvalue weighted by Crippen LogP contribution is 2.38. The zero-order valence-corrected chi connectivity index (χ0v) is 31.3. The largest absolute Gasteiger partial charge is 0.494 e. The molecule has 0 heterocycles. The van der Waals surface area contributed by atoms with E-state index in [1.54, 1.807) is 0 Å². The van der Waals surface area contributed by atoms with Gasteiger partial charge < -0.3 is 39.8 Å². The second kappa shape index (κ2) is 21.3. The van der Waals surface area contributed by atoms with Crippen LogP contribution in [0, 0.1) is 10.1 Å². The maximum atomic E-state index is 12.7. The number of nitrogens with zero attached hydrogens (tertiary/aromatic N) is 1. The quantitative estimate of drug-likeness (QED) is 0.0576. The van der Waals surface area contributed by atoms with E-state index in [-0.39, 0.29) is 57.1 Å². The van der Waals surface area contributed by atoms with Gasteiger partial charge in [0.15, 0.2) is 19.7 Å². The molecule has 0 saturated carbocycles. The highest BCUT2D eigenvalue weighted by atomic mass is 35.5. The molecule has 0 spiro atoms. The lowest BCUT2D eigenvalue weighted by Crippen LogP contribution is -2.30. The Bertz CT molecular complexity index is 1890. The second-order valence-corrected chi connectivity index (χ2v) is 14.1. The molecular formula is C31H31Cl3F3N2O14P. The van der Waals surface area contributed by atoms with Gasteiger partial charge >= 0.3 is 30.1 Å². The van der Waals surface area contributed by atoms with Gasteiger partial charge in [-0.3, -0.25) is 19.5 Å². The molecule has 0 aliphatic carbocycles. The summed E-state index contributed by atoms with van der Waals surface area (Å²) in [5.41, 5.74) is 2.82. The Hall–Kier alpha value is -4.65. The second-order valence-electron chi connectivity index (χ2n) is 10.3. The molecule has 0 amide bonds. The molecule has 3 aromatic rings. The maximum absolute atomic E-state index is 12.7. The summed E-state index contributed by atoms with van der Waals surface area (Å²) in [4.78, 5) is 63.4. The van der Waals surface area contributed by atoms with Crippen LogP contribution in [0.5, 0.6) is 17.2 Å². The van der Waals surface area contributed by atoms with E-state index >= 15 is 0 Å². The zero-order chi connectivity index (χ0) is 41.6. The number of aromatic carboxylic acids is 1. The van der Waals surface area contributed by atoms with Gasteiger partial charge in [-0.15, -0.1) is 0 Å². The number of esters is 2. The van der Waals surface area contributed by atoms with Crippen LogP contribution in [0.15, 0.2) is 48.5 Å². The molecule has 23 heteroatoms. The summed E-state index contributed by atoms with van der Waals surface area (Å²) >= 11 is 17.2. The molecule has 296 valence electrons. The number of methoxy groups -OCH3 is 1. The van der Waals surface area contributed by atoms with Crippen molar-refractivity contribution in [2.45, 2.75) is 25.6 Å². The predicted molar refractivity (Wildman–Crippen MR) is 187 cm³/mol. The summed E-state index contributed by atoms with van der Waals surface area (Å²) in [5, 5.41) is 28.2. The standard InChI is InChI=1S/C18H13ClF3NO7.C8H6Cl2O3.C5H12NO4P/c1-2-28-16(24)9-29-17(25)12-8-11(4-5-14(12)23(26)27)30-15-6-3-10(7-13(15)19)18(20,21)22;1-13-7-5(10)3-2-4(9)6(7)8(11)12;1-11(9,10)3-2-4(6)5(7)8/h3-8H,2,9H2,1H3;2-3H,1H3,(H,11,12);4H,2-3,6H2,1H3,(H,7,8)(H,9,10). The van der Waals surface area contributed by atoms with Crippen LogP contribution in [0.1, 0.15) is 39.6 Å². The van der Waals surface area contributed by atoms with Crippen LogP contribution < -0.4 is 15.2 Å². The molecule has 0 aliphatic rings. The van der Waals surface area contributed by atoms with Crippen LogP contribution in [0.2, 0.25) is 15.1 Å². The fourth-order valence-electron chi connectivity index (χ4n) is 3.63. The van der Waals surface area contributed by atoms with E-state index in [1.807, 2.05) is 0 Å². The van der Waals surface area contributed by atoms with Gasteiger partial charge in [-0.2, -0.15) is 13.2 Å². The number of hydrogen-bond acceptors (Lipinski definition) is 12. The van der Waals surface area contributed by atoms with Gasteiger partial charge in [-0.25, -0.2) is 14.4 Å². The first kappa shape index (κ1) is 47.4. The van der Waals surface area contributed by atoms with Gasteiger partial charge in [0.1, 0.15) is 28.7 Å². The molecule has 54 heavy (non-hydrogen) atoms. The topological polar surface area (TPSA) is 252 Å². The van der Waals surface area contributed by atoms with Gasteiger partial charge in [-0.05, 0) is 49.7 Å². The summed E-state index contributed by atoms with van der Waals surface area (Å²) < 4.78 is 68.2. The number of carboxylic acid groups (broad SMARTS) is 2. The lowest BCUT2D eigenvalue weighted by atomic mass is 10.1. The number of aliphatic carboxylic acids is 1. The van der Waals surface area contributed by atoms with Crippen LogP contribution in [0.3, 0.4) is 0 Å². The van der Waals surface area contributed by atoms with Gasteiger partial charge in [0.25, 0.3) is 5.69 Å². The first-order chi connectivity index (χ1) is 24.9. The number of carbonyl (C=O) groups is 4. The zero-order valence-electron chi connectivity index (χ0n) is 28.1. The molecule has 2 atom stereocenters. The average molecular weight is 850 g/mol. The van der Waals surface area contributed by atoms with Crippen molar-refractivity contribution in [2.24, 2.45) is 5.73 Å². The number of alkyl halides is 3. The smallest absolute Gasteiger partial charge is 0.416 e. The Balaban J connectivity index is 0.000000497. The number of nitro benzene ring substituents is 1. The molecule has 0 saturated heterocycles. The van der Waals surface area contributed by atoms with Gasteiger partial charge in [0.05, 0.1) is 39.3 Å². The third-order valence-corrected chi connectivity index (χ3v) is 8.14. The minimum Gasteiger partial charge on any atom is -0.494 e. The molecule has 16 nitrogen and oxygen atoms in total. The van der Waals surface area contributed by atoms with E-state index in [0.29, 0.717) is 6.07 Å². The lowest BCUT2D eigenvalue weighted by molar-refractivity contribution is -0.385. The number of benzene rings is 3. The predicted octanol–water partition coefficient (Wildman–Crippen LogP) is 7.17. The van der Waals surface area contributed by atoms with Gasteiger partial charge in [-0.1, -0.05) is 34.8 Å². The minimum absolute atomic E-state index is 0.0412. The number of nitrogens with two attached hydrogens (primary N) is 1. The number of carboxylic acids is 2. The van der Waals surface area contributed by atoms with Crippen LogP contribution in [0.4, 0.5) is 18.9 Å².